The highest BCUT2D eigenvalue weighted by molar-refractivity contribution is 6.02. The van der Waals surface area contributed by atoms with Gasteiger partial charge in [-0.3, -0.25) is 14.9 Å². The van der Waals surface area contributed by atoms with E-state index in [1.165, 1.54) is 23.1 Å². The molecular weight excluding hydrogens is 292 g/mol. The van der Waals surface area contributed by atoms with Crippen molar-refractivity contribution >= 4 is 17.5 Å². The number of carbonyl (C=O) groups excluding carboxylic acids is 1. The van der Waals surface area contributed by atoms with Crippen molar-refractivity contribution in [1.82, 2.24) is 19.7 Å². The molecule has 0 fully saturated rings. The van der Waals surface area contributed by atoms with Gasteiger partial charge in [-0.25, -0.2) is 14.6 Å². The molecule has 0 radical (unpaired) electrons. The Morgan fingerprint density at radius 1 is 1.32 bits per heavy atom. The molecule has 0 bridgehead atoms. The highest BCUT2D eigenvalue weighted by atomic mass is 16.6. The van der Waals surface area contributed by atoms with Crippen molar-refractivity contribution in [3.05, 3.63) is 58.9 Å². The first-order chi connectivity index (χ1) is 10.6. The predicted molar refractivity (Wildman–Crippen MR) is 72.5 cm³/mol. The maximum absolute atomic E-state index is 11.9. The molecule has 0 saturated carbocycles. The van der Waals surface area contributed by atoms with Crippen molar-refractivity contribution in [2.24, 2.45) is 0 Å². The summed E-state index contributed by atoms with van der Waals surface area (Å²) >= 11 is 0. The van der Waals surface area contributed by atoms with Crippen LogP contribution in [0.25, 0.3) is 5.95 Å². The highest BCUT2D eigenvalue weighted by Gasteiger charge is 2.17. The van der Waals surface area contributed by atoms with Crippen molar-refractivity contribution in [2.45, 2.75) is 0 Å². The fourth-order valence-corrected chi connectivity index (χ4v) is 1.63. The Kier molecular flexibility index (Phi) is 3.32. The SMILES string of the molecule is O=C(Nc1cnc(-n2cccn2)nc1)c1ccc([N+](=O)[O-])o1. The van der Waals surface area contributed by atoms with Gasteiger partial charge in [0.05, 0.1) is 24.1 Å². The first-order valence-corrected chi connectivity index (χ1v) is 6.01. The van der Waals surface area contributed by atoms with E-state index in [9.17, 15) is 14.9 Å². The number of carbonyl (C=O) groups is 1. The molecule has 0 unspecified atom stereocenters. The van der Waals surface area contributed by atoms with E-state index in [-0.39, 0.29) is 5.76 Å². The molecule has 110 valence electrons. The van der Waals surface area contributed by atoms with Crippen molar-refractivity contribution < 1.29 is 14.1 Å². The van der Waals surface area contributed by atoms with Gasteiger partial charge in [0.15, 0.2) is 5.76 Å². The Hall–Kier alpha value is -3.56. The second-order valence-electron chi connectivity index (χ2n) is 4.07. The number of anilines is 1. The van der Waals surface area contributed by atoms with Crippen LogP contribution in [0.3, 0.4) is 0 Å². The van der Waals surface area contributed by atoms with Crippen LogP contribution >= 0.6 is 0 Å². The minimum atomic E-state index is -0.723. The number of amides is 1. The van der Waals surface area contributed by atoms with Crippen LogP contribution < -0.4 is 5.32 Å². The molecule has 1 N–H and O–H groups in total. The topological polar surface area (TPSA) is 129 Å². The third kappa shape index (κ3) is 2.65. The molecule has 0 atom stereocenters. The summed E-state index contributed by atoms with van der Waals surface area (Å²) in [4.78, 5) is 29.7. The van der Waals surface area contributed by atoms with E-state index in [1.807, 2.05) is 0 Å². The van der Waals surface area contributed by atoms with E-state index in [0.717, 1.165) is 6.07 Å². The van der Waals surface area contributed by atoms with Crippen LogP contribution in [0.4, 0.5) is 11.6 Å². The smallest absolute Gasteiger partial charge is 0.395 e. The van der Waals surface area contributed by atoms with E-state index >= 15 is 0 Å². The zero-order valence-corrected chi connectivity index (χ0v) is 10.9. The number of rotatable bonds is 4. The van der Waals surface area contributed by atoms with Crippen LogP contribution in [0.5, 0.6) is 0 Å². The molecule has 0 aliphatic heterocycles. The van der Waals surface area contributed by atoms with E-state index in [1.54, 1.807) is 18.5 Å². The molecule has 0 aliphatic rings. The van der Waals surface area contributed by atoms with Gasteiger partial charge in [0.1, 0.15) is 4.92 Å². The molecule has 10 heteroatoms. The number of nitrogens with zero attached hydrogens (tertiary/aromatic N) is 5. The van der Waals surface area contributed by atoms with Gasteiger partial charge >= 0.3 is 5.88 Å². The Balaban J connectivity index is 1.72. The maximum atomic E-state index is 11.9. The Morgan fingerprint density at radius 2 is 2.09 bits per heavy atom. The van der Waals surface area contributed by atoms with E-state index < -0.39 is 16.7 Å². The van der Waals surface area contributed by atoms with Gasteiger partial charge in [-0.15, -0.1) is 0 Å². The number of hydrogen-bond acceptors (Lipinski definition) is 7. The molecule has 3 aromatic heterocycles. The van der Waals surface area contributed by atoms with E-state index in [0.29, 0.717) is 11.6 Å². The third-order valence-corrected chi connectivity index (χ3v) is 2.60. The van der Waals surface area contributed by atoms with Gasteiger partial charge < -0.3 is 9.73 Å². The predicted octanol–water partition coefficient (Wildman–Crippen LogP) is 1.42. The maximum Gasteiger partial charge on any atom is 0.433 e. The molecule has 0 aliphatic carbocycles. The number of nitrogens with one attached hydrogen (secondary N) is 1. The van der Waals surface area contributed by atoms with Crippen LogP contribution in [0.1, 0.15) is 10.6 Å². The van der Waals surface area contributed by atoms with Gasteiger partial charge in [0.2, 0.25) is 0 Å². The summed E-state index contributed by atoms with van der Waals surface area (Å²) < 4.78 is 6.26. The summed E-state index contributed by atoms with van der Waals surface area (Å²) in [6, 6.07) is 4.04. The number of furan rings is 1. The van der Waals surface area contributed by atoms with Gasteiger partial charge in [-0.2, -0.15) is 5.10 Å². The van der Waals surface area contributed by atoms with Crippen LogP contribution in [0, 0.1) is 10.1 Å². The van der Waals surface area contributed by atoms with Crippen molar-refractivity contribution in [1.29, 1.82) is 0 Å². The summed E-state index contributed by atoms with van der Waals surface area (Å²) in [6.07, 6.45) is 6.04. The Bertz CT molecular complexity index is 809. The average molecular weight is 300 g/mol. The number of aromatic nitrogens is 4. The fraction of sp³-hybridized carbons (Fsp3) is 0. The summed E-state index contributed by atoms with van der Waals surface area (Å²) in [7, 11) is 0. The molecule has 0 aromatic carbocycles. The molecule has 1 amide bonds. The second kappa shape index (κ2) is 5.44. The molecule has 22 heavy (non-hydrogen) atoms. The van der Waals surface area contributed by atoms with E-state index in [4.69, 9.17) is 4.42 Å². The van der Waals surface area contributed by atoms with Crippen LogP contribution in [-0.2, 0) is 0 Å². The lowest BCUT2D eigenvalue weighted by Gasteiger charge is -2.03. The van der Waals surface area contributed by atoms with Crippen LogP contribution in [0.15, 0.2) is 47.4 Å². The quantitative estimate of drug-likeness (QED) is 0.569. The molecule has 0 spiro atoms. The van der Waals surface area contributed by atoms with Gasteiger partial charge in [0.25, 0.3) is 11.9 Å². The van der Waals surface area contributed by atoms with Gasteiger partial charge in [0, 0.05) is 12.4 Å². The summed E-state index contributed by atoms with van der Waals surface area (Å²) in [5, 5.41) is 16.9. The van der Waals surface area contributed by atoms with Gasteiger partial charge in [-0.1, -0.05) is 0 Å². The zero-order chi connectivity index (χ0) is 15.5. The largest absolute Gasteiger partial charge is 0.433 e. The lowest BCUT2D eigenvalue weighted by atomic mass is 10.4. The third-order valence-electron chi connectivity index (χ3n) is 2.60. The fourth-order valence-electron chi connectivity index (χ4n) is 1.63. The van der Waals surface area contributed by atoms with Crippen LogP contribution in [0.2, 0.25) is 0 Å². The molecule has 3 aromatic rings. The monoisotopic (exact) mass is 300 g/mol. The van der Waals surface area contributed by atoms with Crippen molar-refractivity contribution in [3.63, 3.8) is 0 Å². The van der Waals surface area contributed by atoms with Crippen LogP contribution in [-0.4, -0.2) is 30.6 Å². The minimum absolute atomic E-state index is 0.178. The molecule has 0 saturated heterocycles. The first kappa shape index (κ1) is 13.4. The average Bonchev–Trinajstić information content (AvgIpc) is 3.20. The first-order valence-electron chi connectivity index (χ1n) is 6.01. The Morgan fingerprint density at radius 3 is 2.68 bits per heavy atom. The number of hydrogen-bond donors (Lipinski definition) is 1. The number of nitro groups is 1. The minimum Gasteiger partial charge on any atom is -0.395 e. The van der Waals surface area contributed by atoms with Gasteiger partial charge in [-0.05, 0) is 12.1 Å². The van der Waals surface area contributed by atoms with Crippen molar-refractivity contribution in [2.75, 3.05) is 5.32 Å². The molecule has 3 rings (SSSR count). The zero-order valence-electron chi connectivity index (χ0n) is 10.9. The second-order valence-corrected chi connectivity index (χ2v) is 4.07. The Labute approximate surface area is 122 Å². The van der Waals surface area contributed by atoms with E-state index in [2.05, 4.69) is 20.4 Å². The summed E-state index contributed by atoms with van der Waals surface area (Å²) in [5.74, 6) is -0.974. The summed E-state index contributed by atoms with van der Waals surface area (Å²) in [6.45, 7) is 0. The lowest BCUT2D eigenvalue weighted by Crippen LogP contribution is -2.12. The normalized spacial score (nSPS) is 10.4. The standard InChI is InChI=1S/C12H8N6O4/c19-11(9-2-3-10(22-9)18(20)21)16-8-6-13-12(14-7-8)17-5-1-4-15-17/h1-7H,(H,16,19). The molecule has 3 heterocycles. The molecular formula is C12H8N6O4. The van der Waals surface area contributed by atoms with Crippen molar-refractivity contribution in [3.8, 4) is 5.95 Å². The highest BCUT2D eigenvalue weighted by Crippen LogP contribution is 2.17. The lowest BCUT2D eigenvalue weighted by molar-refractivity contribution is -0.402. The molecule has 10 nitrogen and oxygen atoms in total. The summed E-state index contributed by atoms with van der Waals surface area (Å²) in [5.41, 5.74) is 0.319.